The van der Waals surface area contributed by atoms with Crippen LogP contribution in [0.4, 0.5) is 0 Å². The molecule has 1 aliphatic rings. The number of hydrogen-bond acceptors (Lipinski definition) is 3. The van der Waals surface area contributed by atoms with Crippen LogP contribution in [-0.4, -0.2) is 24.0 Å². The van der Waals surface area contributed by atoms with Gasteiger partial charge in [0, 0.05) is 13.1 Å². The second kappa shape index (κ2) is 7.99. The van der Waals surface area contributed by atoms with Crippen LogP contribution in [0.5, 0.6) is 0 Å². The van der Waals surface area contributed by atoms with Crippen molar-refractivity contribution >= 4 is 5.97 Å². The first-order valence-electron chi connectivity index (χ1n) is 9.81. The zero-order valence-corrected chi connectivity index (χ0v) is 16.4. The molecule has 0 aromatic heterocycles. The minimum Gasteiger partial charge on any atom is -0.465 e. The lowest BCUT2D eigenvalue weighted by Gasteiger charge is -2.13. The van der Waals surface area contributed by atoms with Gasteiger partial charge in [-0.3, -0.25) is 9.69 Å². The largest absolute Gasteiger partial charge is 0.465 e. The average molecular weight is 371 g/mol. The summed E-state index contributed by atoms with van der Waals surface area (Å²) < 4.78 is 5.09. The van der Waals surface area contributed by atoms with E-state index < -0.39 is 0 Å². The van der Waals surface area contributed by atoms with Crippen LogP contribution in [-0.2, 0) is 22.6 Å². The second-order valence-electron chi connectivity index (χ2n) is 7.28. The van der Waals surface area contributed by atoms with Crippen molar-refractivity contribution in [2.45, 2.75) is 26.9 Å². The van der Waals surface area contributed by atoms with Crippen molar-refractivity contribution in [1.29, 1.82) is 0 Å². The van der Waals surface area contributed by atoms with Gasteiger partial charge in [0.2, 0.25) is 0 Å². The monoisotopic (exact) mass is 371 g/mol. The third-order valence-electron chi connectivity index (χ3n) is 5.38. The zero-order chi connectivity index (χ0) is 19.5. The first kappa shape index (κ1) is 18.5. The van der Waals surface area contributed by atoms with Crippen molar-refractivity contribution in [2.24, 2.45) is 0 Å². The molecule has 0 unspecified atom stereocenters. The van der Waals surface area contributed by atoms with Crippen molar-refractivity contribution in [3.63, 3.8) is 0 Å². The minimum absolute atomic E-state index is 0.151. The van der Waals surface area contributed by atoms with E-state index in [1.165, 1.54) is 38.9 Å². The topological polar surface area (TPSA) is 29.5 Å². The number of nitrogens with zero attached hydrogens (tertiary/aromatic N) is 1. The van der Waals surface area contributed by atoms with Crippen molar-refractivity contribution < 1.29 is 9.53 Å². The number of hydrogen-bond donors (Lipinski definition) is 0. The van der Waals surface area contributed by atoms with Gasteiger partial charge in [0.15, 0.2) is 0 Å². The van der Waals surface area contributed by atoms with Gasteiger partial charge in [-0.15, -0.1) is 0 Å². The molecule has 0 atom stereocenters. The Morgan fingerprint density at radius 2 is 1.61 bits per heavy atom. The molecule has 142 valence electrons. The van der Waals surface area contributed by atoms with Gasteiger partial charge in [0.1, 0.15) is 0 Å². The average Bonchev–Trinajstić information content (AvgIpc) is 3.10. The Balaban J connectivity index is 1.61. The zero-order valence-electron chi connectivity index (χ0n) is 16.4. The molecule has 3 heteroatoms. The van der Waals surface area contributed by atoms with Crippen molar-refractivity contribution in [3.05, 3.63) is 83.4 Å². The quantitative estimate of drug-likeness (QED) is 0.577. The second-order valence-corrected chi connectivity index (χ2v) is 7.28. The van der Waals surface area contributed by atoms with Crippen LogP contribution < -0.4 is 0 Å². The Labute approximate surface area is 166 Å². The fourth-order valence-electron chi connectivity index (χ4n) is 4.01. The molecule has 0 saturated carbocycles. The maximum atomic E-state index is 11.8. The van der Waals surface area contributed by atoms with Crippen molar-refractivity contribution in [2.75, 3.05) is 13.2 Å². The molecule has 0 saturated heterocycles. The fraction of sp³-hybridized carbons (Fsp3) is 0.240. The molecule has 0 radical (unpaired) electrons. The van der Waals surface area contributed by atoms with Gasteiger partial charge in [0.05, 0.1) is 13.2 Å². The van der Waals surface area contributed by atoms with Gasteiger partial charge >= 0.3 is 5.97 Å². The summed E-state index contributed by atoms with van der Waals surface area (Å²) in [6.45, 7) is 6.41. The summed E-state index contributed by atoms with van der Waals surface area (Å²) in [6, 6.07) is 23.7. The van der Waals surface area contributed by atoms with E-state index in [9.17, 15) is 4.79 Å². The van der Waals surface area contributed by atoms with Crippen LogP contribution in [0.15, 0.2) is 66.7 Å². The van der Waals surface area contributed by atoms with Crippen LogP contribution in [0.3, 0.4) is 0 Å². The van der Waals surface area contributed by atoms with Gasteiger partial charge in [-0.2, -0.15) is 0 Å². The number of ether oxygens (including phenoxy) is 1. The van der Waals surface area contributed by atoms with Gasteiger partial charge in [-0.1, -0.05) is 60.7 Å². The number of fused-ring (bicyclic) bond motifs is 1. The number of carbonyl (C=O) groups is 1. The lowest BCUT2D eigenvalue weighted by molar-refractivity contribution is -0.144. The van der Waals surface area contributed by atoms with Gasteiger partial charge in [0.25, 0.3) is 0 Å². The summed E-state index contributed by atoms with van der Waals surface area (Å²) in [7, 11) is 0. The van der Waals surface area contributed by atoms with E-state index in [4.69, 9.17) is 4.74 Å². The van der Waals surface area contributed by atoms with E-state index in [1.807, 2.05) is 13.0 Å². The third kappa shape index (κ3) is 3.71. The molecule has 0 fully saturated rings. The highest BCUT2D eigenvalue weighted by molar-refractivity contribution is 5.78. The van der Waals surface area contributed by atoms with Crippen LogP contribution >= 0.6 is 0 Å². The predicted octanol–water partition coefficient (Wildman–Crippen LogP) is 5.21. The Hall–Kier alpha value is -2.91. The van der Waals surface area contributed by atoms with Gasteiger partial charge in [-0.25, -0.2) is 0 Å². The summed E-state index contributed by atoms with van der Waals surface area (Å²) in [4.78, 5) is 13.9. The highest BCUT2D eigenvalue weighted by atomic mass is 16.5. The lowest BCUT2D eigenvalue weighted by Crippen LogP contribution is -2.26. The molecule has 0 aliphatic carbocycles. The van der Waals surface area contributed by atoms with E-state index >= 15 is 0 Å². The highest BCUT2D eigenvalue weighted by Crippen LogP contribution is 2.34. The molecule has 0 N–H and O–H groups in total. The molecule has 1 heterocycles. The summed E-state index contributed by atoms with van der Waals surface area (Å²) in [5, 5.41) is 0. The number of esters is 1. The van der Waals surface area contributed by atoms with Gasteiger partial charge < -0.3 is 4.74 Å². The third-order valence-corrected chi connectivity index (χ3v) is 5.38. The molecule has 3 nitrogen and oxygen atoms in total. The molecular formula is C25H25NO2. The summed E-state index contributed by atoms with van der Waals surface area (Å²) in [5.41, 5.74) is 8.87. The first-order chi connectivity index (χ1) is 13.7. The van der Waals surface area contributed by atoms with Gasteiger partial charge in [-0.05, 0) is 58.9 Å². The van der Waals surface area contributed by atoms with E-state index in [-0.39, 0.29) is 5.97 Å². The van der Waals surface area contributed by atoms with Crippen LogP contribution in [0.2, 0.25) is 0 Å². The maximum Gasteiger partial charge on any atom is 0.320 e. The normalized spacial score (nSPS) is 13.4. The van der Waals surface area contributed by atoms with E-state index in [1.54, 1.807) is 0 Å². The fourth-order valence-corrected chi connectivity index (χ4v) is 4.01. The molecule has 0 spiro atoms. The SMILES string of the molecule is CCOC(=O)CN1Cc2ccc(-c3cccc(-c4ccccc4)c3C)cc2C1. The van der Waals surface area contributed by atoms with Crippen LogP contribution in [0, 0.1) is 6.92 Å². The van der Waals surface area contributed by atoms with Crippen LogP contribution in [0.1, 0.15) is 23.6 Å². The smallest absolute Gasteiger partial charge is 0.320 e. The van der Waals surface area contributed by atoms with Crippen LogP contribution in [0.25, 0.3) is 22.3 Å². The number of carbonyl (C=O) groups excluding carboxylic acids is 1. The Morgan fingerprint density at radius 1 is 0.893 bits per heavy atom. The molecule has 1 aliphatic heterocycles. The molecule has 0 amide bonds. The van der Waals surface area contributed by atoms with Crippen molar-refractivity contribution in [1.82, 2.24) is 4.90 Å². The van der Waals surface area contributed by atoms with E-state index in [0.717, 1.165) is 13.1 Å². The summed E-state index contributed by atoms with van der Waals surface area (Å²) in [6.07, 6.45) is 0. The Kier molecular flexibility index (Phi) is 5.27. The molecule has 3 aromatic rings. The minimum atomic E-state index is -0.151. The van der Waals surface area contributed by atoms with Crippen molar-refractivity contribution in [3.8, 4) is 22.3 Å². The molecule has 4 rings (SSSR count). The molecule has 28 heavy (non-hydrogen) atoms. The van der Waals surface area contributed by atoms with E-state index in [2.05, 4.69) is 72.5 Å². The molecule has 0 bridgehead atoms. The predicted molar refractivity (Wildman–Crippen MR) is 113 cm³/mol. The summed E-state index contributed by atoms with van der Waals surface area (Å²) >= 11 is 0. The molecular weight excluding hydrogens is 346 g/mol. The summed E-state index contributed by atoms with van der Waals surface area (Å²) in [5.74, 6) is -0.151. The number of benzene rings is 3. The Bertz CT molecular complexity index is 995. The maximum absolute atomic E-state index is 11.8. The standard InChI is InChI=1S/C25H25NO2/c1-3-28-25(27)17-26-15-21-13-12-20(14-22(21)16-26)24-11-7-10-23(18(24)2)19-8-5-4-6-9-19/h4-14H,3,15-17H2,1-2H3. The lowest BCUT2D eigenvalue weighted by atomic mass is 9.91. The Morgan fingerprint density at radius 3 is 2.36 bits per heavy atom. The molecule has 3 aromatic carbocycles. The van der Waals surface area contributed by atoms with E-state index in [0.29, 0.717) is 13.2 Å². The first-order valence-corrected chi connectivity index (χ1v) is 9.81. The highest BCUT2D eigenvalue weighted by Gasteiger charge is 2.22. The number of rotatable bonds is 5.